The molecule has 2 aromatic rings. The summed E-state index contributed by atoms with van der Waals surface area (Å²) in [4.78, 5) is 59.1. The monoisotopic (exact) mass is 691 g/mol. The minimum atomic E-state index is -0.981. The number of carbonyl (C=O) groups is 4. The summed E-state index contributed by atoms with van der Waals surface area (Å²) >= 11 is 0. The normalized spacial score (nSPS) is 19.8. The third-order valence-corrected chi connectivity index (χ3v) is 9.74. The molecule has 0 radical (unpaired) electrons. The molecule has 0 saturated carbocycles. The number of carbonyl (C=O) groups excluding carboxylic acids is 4. The first-order valence-electron chi connectivity index (χ1n) is 18.1. The van der Waals surface area contributed by atoms with Gasteiger partial charge in [-0.15, -0.1) is 0 Å². The Kier molecular flexibility index (Phi) is 15.2. The molecule has 0 bridgehead atoms. The van der Waals surface area contributed by atoms with Crippen LogP contribution < -0.4 is 27.4 Å². The number of aliphatic hydroxyl groups is 1. The minimum Gasteiger partial charge on any atom is -0.395 e. The fraction of sp³-hybridized carbons (Fsp3) is 0.579. The maximum absolute atomic E-state index is 13.9. The SMILES string of the molecule is CC(C)CC(NC(=O)C(Cc1ccccc1)NC(=O)C(N)Cc1ccccc1)C(=O)NC(CCCCN)C(=O)N1CC2CN(CCO)CC2C1. The van der Waals surface area contributed by atoms with Crippen LogP contribution in [0.25, 0.3) is 0 Å². The summed E-state index contributed by atoms with van der Waals surface area (Å²) in [5.41, 5.74) is 13.8. The average molecular weight is 692 g/mol. The van der Waals surface area contributed by atoms with E-state index in [2.05, 4.69) is 20.9 Å². The summed E-state index contributed by atoms with van der Waals surface area (Å²) in [7, 11) is 0. The van der Waals surface area contributed by atoms with Crippen LogP contribution in [0.5, 0.6) is 0 Å². The molecule has 8 N–H and O–H groups in total. The van der Waals surface area contributed by atoms with Gasteiger partial charge in [-0.3, -0.25) is 19.2 Å². The molecule has 12 nitrogen and oxygen atoms in total. The molecular formula is C38H57N7O5. The van der Waals surface area contributed by atoms with Crippen LogP contribution in [0.1, 0.15) is 50.7 Å². The number of benzene rings is 2. The Balaban J connectivity index is 1.45. The number of nitrogens with one attached hydrogen (secondary N) is 3. The van der Waals surface area contributed by atoms with Crippen molar-refractivity contribution in [2.45, 2.75) is 76.5 Å². The van der Waals surface area contributed by atoms with Gasteiger partial charge in [0.15, 0.2) is 0 Å². The highest BCUT2D eigenvalue weighted by molar-refractivity contribution is 5.95. The maximum Gasteiger partial charge on any atom is 0.245 e. The number of hydrogen-bond acceptors (Lipinski definition) is 8. The molecule has 6 atom stereocenters. The van der Waals surface area contributed by atoms with E-state index in [1.807, 2.05) is 79.4 Å². The largest absolute Gasteiger partial charge is 0.395 e. The minimum absolute atomic E-state index is 0.0544. The Bertz CT molecular complexity index is 1360. The van der Waals surface area contributed by atoms with Gasteiger partial charge in [0, 0.05) is 39.1 Å². The van der Waals surface area contributed by atoms with Crippen LogP contribution in [-0.2, 0) is 32.0 Å². The van der Waals surface area contributed by atoms with E-state index in [1.54, 1.807) is 0 Å². The van der Waals surface area contributed by atoms with Crippen molar-refractivity contribution in [2.75, 3.05) is 45.9 Å². The summed E-state index contributed by atoms with van der Waals surface area (Å²) in [6, 6.07) is 15.3. The molecule has 2 aliphatic heterocycles. The number of unbranched alkanes of at least 4 members (excludes halogenated alkanes) is 1. The van der Waals surface area contributed by atoms with Crippen molar-refractivity contribution >= 4 is 23.6 Å². The summed E-state index contributed by atoms with van der Waals surface area (Å²) in [5.74, 6) is -0.769. The molecule has 0 spiro atoms. The van der Waals surface area contributed by atoms with Crippen LogP contribution >= 0.6 is 0 Å². The van der Waals surface area contributed by atoms with E-state index in [4.69, 9.17) is 11.5 Å². The molecule has 4 rings (SSSR count). The Labute approximate surface area is 296 Å². The van der Waals surface area contributed by atoms with E-state index in [-0.39, 0.29) is 24.9 Å². The van der Waals surface area contributed by atoms with Gasteiger partial charge in [-0.2, -0.15) is 0 Å². The summed E-state index contributed by atoms with van der Waals surface area (Å²) < 4.78 is 0. The molecule has 2 aromatic carbocycles. The van der Waals surface area contributed by atoms with Crippen LogP contribution in [0.4, 0.5) is 0 Å². The molecule has 12 heteroatoms. The highest BCUT2D eigenvalue weighted by Crippen LogP contribution is 2.31. The quantitative estimate of drug-likeness (QED) is 0.117. The fourth-order valence-electron chi connectivity index (χ4n) is 7.11. The second kappa shape index (κ2) is 19.5. The predicted octanol–water partition coefficient (Wildman–Crippen LogP) is 0.811. The lowest BCUT2D eigenvalue weighted by Crippen LogP contribution is -2.58. The van der Waals surface area contributed by atoms with Crippen molar-refractivity contribution in [1.82, 2.24) is 25.8 Å². The van der Waals surface area contributed by atoms with Crippen molar-refractivity contribution in [2.24, 2.45) is 29.2 Å². The van der Waals surface area contributed by atoms with Crippen LogP contribution in [-0.4, -0.2) is 109 Å². The smallest absolute Gasteiger partial charge is 0.245 e. The molecule has 50 heavy (non-hydrogen) atoms. The fourth-order valence-corrected chi connectivity index (χ4v) is 7.11. The van der Waals surface area contributed by atoms with Crippen molar-refractivity contribution in [3.8, 4) is 0 Å². The summed E-state index contributed by atoms with van der Waals surface area (Å²) in [6.07, 6.45) is 2.70. The van der Waals surface area contributed by atoms with Crippen LogP contribution in [0, 0.1) is 17.8 Å². The van der Waals surface area contributed by atoms with E-state index in [1.165, 1.54) is 0 Å². The summed E-state index contributed by atoms with van der Waals surface area (Å²) in [5, 5.41) is 18.1. The van der Waals surface area contributed by atoms with Crippen LogP contribution in [0.3, 0.4) is 0 Å². The van der Waals surface area contributed by atoms with Crippen molar-refractivity contribution in [1.29, 1.82) is 0 Å². The zero-order valence-corrected chi connectivity index (χ0v) is 29.6. The molecule has 2 aliphatic rings. The van der Waals surface area contributed by atoms with Gasteiger partial charge in [0.1, 0.15) is 18.1 Å². The van der Waals surface area contributed by atoms with Gasteiger partial charge < -0.3 is 42.3 Å². The summed E-state index contributed by atoms with van der Waals surface area (Å²) in [6.45, 7) is 8.10. The zero-order valence-electron chi connectivity index (χ0n) is 29.6. The number of nitrogens with two attached hydrogens (primary N) is 2. The first-order valence-corrected chi connectivity index (χ1v) is 18.1. The lowest BCUT2D eigenvalue weighted by atomic mass is 9.99. The molecule has 0 aliphatic carbocycles. The molecule has 0 aromatic heterocycles. The number of amides is 4. The molecule has 2 saturated heterocycles. The lowest BCUT2D eigenvalue weighted by Gasteiger charge is -2.29. The Morgan fingerprint density at radius 3 is 1.86 bits per heavy atom. The number of nitrogens with zero attached hydrogens (tertiary/aromatic N) is 2. The average Bonchev–Trinajstić information content (AvgIpc) is 3.67. The third-order valence-electron chi connectivity index (χ3n) is 9.74. The van der Waals surface area contributed by atoms with Crippen molar-refractivity contribution in [3.63, 3.8) is 0 Å². The number of rotatable bonds is 19. The molecule has 6 unspecified atom stereocenters. The molecule has 274 valence electrons. The highest BCUT2D eigenvalue weighted by atomic mass is 16.3. The zero-order chi connectivity index (χ0) is 36.0. The number of β-amino-alcohol motifs (C(OH)–C–C–N with tert-alkyl or cyclic N) is 1. The van der Waals surface area contributed by atoms with E-state index in [0.717, 1.165) is 30.6 Å². The van der Waals surface area contributed by atoms with Crippen molar-refractivity contribution < 1.29 is 24.3 Å². The number of likely N-dealkylation sites (tertiary alicyclic amines) is 2. The third kappa shape index (κ3) is 11.6. The number of hydrogen-bond donors (Lipinski definition) is 6. The highest BCUT2D eigenvalue weighted by Gasteiger charge is 2.43. The lowest BCUT2D eigenvalue weighted by molar-refractivity contribution is -0.137. The van der Waals surface area contributed by atoms with Gasteiger partial charge in [-0.1, -0.05) is 74.5 Å². The predicted molar refractivity (Wildman–Crippen MR) is 194 cm³/mol. The number of fused-ring (bicyclic) bond motifs is 1. The Morgan fingerprint density at radius 1 is 0.760 bits per heavy atom. The van der Waals surface area contributed by atoms with Gasteiger partial charge in [-0.05, 0) is 67.5 Å². The Hall–Kier alpha value is -3.84. The van der Waals surface area contributed by atoms with E-state index >= 15 is 0 Å². The molecule has 2 fully saturated rings. The van der Waals surface area contributed by atoms with E-state index in [9.17, 15) is 24.3 Å². The van der Waals surface area contributed by atoms with Gasteiger partial charge in [0.05, 0.1) is 12.6 Å². The number of aliphatic hydroxyl groups excluding tert-OH is 1. The van der Waals surface area contributed by atoms with E-state index in [0.29, 0.717) is 63.7 Å². The van der Waals surface area contributed by atoms with Crippen LogP contribution in [0.15, 0.2) is 60.7 Å². The standard InChI is InChI=1S/C38H57N7O5/c1-26(2)19-33(36(48)41-32(15-9-10-16-39)38(50)45-24-29-22-44(17-18-46)23-30(29)25-45)43-37(49)34(21-28-13-7-4-8-14-28)42-35(47)31(40)20-27-11-5-3-6-12-27/h3-8,11-14,26,29-34,46H,9-10,15-25,39-40H2,1-2H3,(H,41,48)(H,42,47)(H,43,49). The van der Waals surface area contributed by atoms with Gasteiger partial charge in [-0.25, -0.2) is 0 Å². The van der Waals surface area contributed by atoms with Gasteiger partial charge in [0.25, 0.3) is 0 Å². The topological polar surface area (TPSA) is 183 Å². The first-order chi connectivity index (χ1) is 24.1. The second-order valence-corrected chi connectivity index (χ2v) is 14.3. The maximum atomic E-state index is 13.9. The molecular weight excluding hydrogens is 634 g/mol. The van der Waals surface area contributed by atoms with Gasteiger partial charge >= 0.3 is 0 Å². The first kappa shape index (κ1) is 39.0. The van der Waals surface area contributed by atoms with Crippen LogP contribution in [0.2, 0.25) is 0 Å². The second-order valence-electron chi connectivity index (χ2n) is 14.3. The van der Waals surface area contributed by atoms with Gasteiger partial charge in [0.2, 0.25) is 23.6 Å². The Morgan fingerprint density at radius 2 is 1.30 bits per heavy atom. The molecule has 4 amide bonds. The van der Waals surface area contributed by atoms with E-state index < -0.39 is 41.9 Å². The van der Waals surface area contributed by atoms with Crippen molar-refractivity contribution in [3.05, 3.63) is 71.8 Å². The molecule has 2 heterocycles.